The fraction of sp³-hybridized carbons (Fsp3) is 0.448. The van der Waals surface area contributed by atoms with Gasteiger partial charge in [-0.3, -0.25) is 9.59 Å². The third kappa shape index (κ3) is 3.62. The molecule has 0 saturated carbocycles. The molecule has 1 N–H and O–H groups in total. The molecule has 178 valence electrons. The van der Waals surface area contributed by atoms with Gasteiger partial charge in [0.25, 0.3) is 0 Å². The van der Waals surface area contributed by atoms with Crippen molar-refractivity contribution in [3.63, 3.8) is 0 Å². The zero-order valence-corrected chi connectivity index (χ0v) is 20.7. The highest BCUT2D eigenvalue weighted by atomic mass is 16.2. The molecule has 3 aromatic rings. The van der Waals surface area contributed by atoms with Crippen molar-refractivity contribution in [1.82, 2.24) is 14.8 Å². The van der Waals surface area contributed by atoms with E-state index in [2.05, 4.69) is 66.3 Å². The number of likely N-dealkylation sites (N-methyl/N-ethyl adjacent to an activating group) is 1. The highest BCUT2D eigenvalue weighted by Crippen LogP contribution is 2.52. The molecular weight excluding hydrogens is 422 g/mol. The monoisotopic (exact) mass is 457 g/mol. The van der Waals surface area contributed by atoms with E-state index in [4.69, 9.17) is 0 Å². The standard InChI is InChI=1S/C29H35N3O2/c1-19(24-18-30-26-12-8-6-10-22(24)26)20(2)27(33)32-15-13-29(14-16-32)17-23(28(34)31(3)4)21-9-5-7-11-25(21)29/h5-12,18-20,23,30H,13-17H2,1-4H3/t19?,20?,23-/m1/s1. The minimum absolute atomic E-state index is 0.00456. The molecule has 1 spiro atoms. The van der Waals surface area contributed by atoms with Gasteiger partial charge in [-0.15, -0.1) is 0 Å². The summed E-state index contributed by atoms with van der Waals surface area (Å²) in [5.41, 5.74) is 4.82. The predicted octanol–water partition coefficient (Wildman–Crippen LogP) is 5.04. The number of nitrogens with one attached hydrogen (secondary N) is 1. The van der Waals surface area contributed by atoms with Crippen molar-refractivity contribution in [3.05, 3.63) is 71.4 Å². The average Bonchev–Trinajstić information content (AvgIpc) is 3.43. The minimum atomic E-state index is -0.0906. The maximum atomic E-state index is 13.5. The number of aromatic amines is 1. The number of carbonyl (C=O) groups excluding carboxylic acids is 2. The second-order valence-corrected chi connectivity index (χ2v) is 10.5. The van der Waals surface area contributed by atoms with Gasteiger partial charge in [-0.05, 0) is 47.9 Å². The summed E-state index contributed by atoms with van der Waals surface area (Å²) in [5.74, 6) is 0.388. The van der Waals surface area contributed by atoms with Crippen LogP contribution in [-0.2, 0) is 15.0 Å². The lowest BCUT2D eigenvalue weighted by molar-refractivity contribution is -0.137. The molecule has 5 rings (SSSR count). The van der Waals surface area contributed by atoms with Gasteiger partial charge < -0.3 is 14.8 Å². The van der Waals surface area contributed by atoms with E-state index in [1.54, 1.807) is 4.90 Å². The van der Waals surface area contributed by atoms with Crippen molar-refractivity contribution >= 4 is 22.7 Å². The molecule has 2 unspecified atom stereocenters. The molecule has 2 amide bonds. The van der Waals surface area contributed by atoms with Gasteiger partial charge in [0.2, 0.25) is 11.8 Å². The van der Waals surface area contributed by atoms with Gasteiger partial charge in [-0.25, -0.2) is 0 Å². The van der Waals surface area contributed by atoms with Crippen LogP contribution in [0.3, 0.4) is 0 Å². The first-order valence-corrected chi connectivity index (χ1v) is 12.5. The summed E-state index contributed by atoms with van der Waals surface area (Å²) < 4.78 is 0. The number of nitrogens with zero attached hydrogens (tertiary/aromatic N) is 2. The first-order chi connectivity index (χ1) is 16.3. The summed E-state index contributed by atoms with van der Waals surface area (Å²) in [4.78, 5) is 33.6. The van der Waals surface area contributed by atoms with E-state index in [9.17, 15) is 9.59 Å². The smallest absolute Gasteiger partial charge is 0.229 e. The molecule has 5 heteroatoms. The Labute approximate surface area is 202 Å². The molecule has 1 aliphatic carbocycles. The quantitative estimate of drug-likeness (QED) is 0.597. The fourth-order valence-corrected chi connectivity index (χ4v) is 6.30. The summed E-state index contributed by atoms with van der Waals surface area (Å²) in [7, 11) is 3.68. The molecule has 2 aromatic carbocycles. The number of likely N-dealkylation sites (tertiary alicyclic amines) is 1. The fourth-order valence-electron chi connectivity index (χ4n) is 6.30. The van der Waals surface area contributed by atoms with Gasteiger partial charge in [0.05, 0.1) is 5.92 Å². The van der Waals surface area contributed by atoms with Gasteiger partial charge in [0.1, 0.15) is 0 Å². The van der Waals surface area contributed by atoms with Crippen molar-refractivity contribution in [2.75, 3.05) is 27.2 Å². The number of amides is 2. The SMILES string of the molecule is CC(C(=O)N1CCC2(CC1)C[C@@H](C(=O)N(C)C)c1ccccc12)C(C)c1c[nH]c2ccccc12. The third-order valence-corrected chi connectivity index (χ3v) is 8.52. The molecular formula is C29H35N3O2. The number of hydrogen-bond donors (Lipinski definition) is 1. The average molecular weight is 458 g/mol. The molecule has 5 nitrogen and oxygen atoms in total. The number of aromatic nitrogens is 1. The van der Waals surface area contributed by atoms with Crippen molar-refractivity contribution in [2.24, 2.45) is 5.92 Å². The highest BCUT2D eigenvalue weighted by molar-refractivity contribution is 5.86. The van der Waals surface area contributed by atoms with Crippen molar-refractivity contribution < 1.29 is 9.59 Å². The summed E-state index contributed by atoms with van der Waals surface area (Å²) in [6.45, 7) is 5.73. The van der Waals surface area contributed by atoms with Gasteiger partial charge in [-0.2, -0.15) is 0 Å². The number of hydrogen-bond acceptors (Lipinski definition) is 2. The van der Waals surface area contributed by atoms with Crippen LogP contribution in [0, 0.1) is 5.92 Å². The van der Waals surface area contributed by atoms with Gasteiger partial charge in [-0.1, -0.05) is 56.3 Å². The number of para-hydroxylation sites is 1. The van der Waals surface area contributed by atoms with E-state index < -0.39 is 0 Å². The van der Waals surface area contributed by atoms with Crippen LogP contribution in [0.25, 0.3) is 10.9 Å². The lowest BCUT2D eigenvalue weighted by Gasteiger charge is -2.41. The van der Waals surface area contributed by atoms with Crippen LogP contribution in [0.4, 0.5) is 0 Å². The van der Waals surface area contributed by atoms with Crippen molar-refractivity contribution in [2.45, 2.75) is 50.4 Å². The Hall–Kier alpha value is -3.08. The van der Waals surface area contributed by atoms with E-state index >= 15 is 0 Å². The Morgan fingerprint density at radius 2 is 1.71 bits per heavy atom. The lowest BCUT2D eigenvalue weighted by atomic mass is 9.73. The summed E-state index contributed by atoms with van der Waals surface area (Å²) in [6, 6.07) is 16.8. The van der Waals surface area contributed by atoms with E-state index in [-0.39, 0.29) is 35.0 Å². The second kappa shape index (κ2) is 8.61. The van der Waals surface area contributed by atoms with E-state index in [0.29, 0.717) is 0 Å². The first-order valence-electron chi connectivity index (χ1n) is 12.5. The van der Waals surface area contributed by atoms with Gasteiger partial charge >= 0.3 is 0 Å². The zero-order chi connectivity index (χ0) is 24.0. The van der Waals surface area contributed by atoms with Crippen LogP contribution in [0.1, 0.15) is 61.6 Å². The minimum Gasteiger partial charge on any atom is -0.361 e. The molecule has 2 heterocycles. The van der Waals surface area contributed by atoms with Crippen molar-refractivity contribution in [1.29, 1.82) is 0 Å². The van der Waals surface area contributed by atoms with E-state index in [0.717, 1.165) is 37.9 Å². The number of fused-ring (bicyclic) bond motifs is 3. The molecule has 3 atom stereocenters. The Morgan fingerprint density at radius 1 is 1.03 bits per heavy atom. The largest absolute Gasteiger partial charge is 0.361 e. The lowest BCUT2D eigenvalue weighted by Crippen LogP contribution is -2.47. The van der Waals surface area contributed by atoms with Gasteiger partial charge in [0.15, 0.2) is 0 Å². The van der Waals surface area contributed by atoms with E-state index in [1.165, 1.54) is 22.1 Å². The normalized spacial score (nSPS) is 20.8. The summed E-state index contributed by atoms with van der Waals surface area (Å²) >= 11 is 0. The molecule has 1 aliphatic heterocycles. The number of carbonyl (C=O) groups is 2. The molecule has 1 aromatic heterocycles. The number of rotatable bonds is 4. The Balaban J connectivity index is 1.31. The zero-order valence-electron chi connectivity index (χ0n) is 20.7. The third-order valence-electron chi connectivity index (χ3n) is 8.52. The second-order valence-electron chi connectivity index (χ2n) is 10.5. The number of H-pyrrole nitrogens is 1. The van der Waals surface area contributed by atoms with Gasteiger partial charge in [0, 0.05) is 55.6 Å². The number of piperidine rings is 1. The Bertz CT molecular complexity index is 1220. The van der Waals surface area contributed by atoms with E-state index in [1.807, 2.05) is 26.2 Å². The maximum absolute atomic E-state index is 13.5. The van der Waals surface area contributed by atoms with Crippen LogP contribution in [0.15, 0.2) is 54.7 Å². The van der Waals surface area contributed by atoms with Crippen LogP contribution in [-0.4, -0.2) is 53.8 Å². The molecule has 1 saturated heterocycles. The predicted molar refractivity (Wildman–Crippen MR) is 136 cm³/mol. The summed E-state index contributed by atoms with van der Waals surface area (Å²) in [5, 5.41) is 1.20. The molecule has 0 radical (unpaired) electrons. The molecule has 0 bridgehead atoms. The maximum Gasteiger partial charge on any atom is 0.229 e. The molecule has 2 aliphatic rings. The van der Waals surface area contributed by atoms with Crippen LogP contribution in [0.5, 0.6) is 0 Å². The van der Waals surface area contributed by atoms with Crippen molar-refractivity contribution in [3.8, 4) is 0 Å². The molecule has 34 heavy (non-hydrogen) atoms. The van der Waals surface area contributed by atoms with Crippen LogP contribution >= 0.6 is 0 Å². The first kappa shape index (κ1) is 22.7. The summed E-state index contributed by atoms with van der Waals surface area (Å²) in [6.07, 6.45) is 4.75. The Kier molecular flexibility index (Phi) is 5.75. The highest BCUT2D eigenvalue weighted by Gasteiger charge is 2.48. The number of benzene rings is 2. The van der Waals surface area contributed by atoms with Crippen LogP contribution < -0.4 is 0 Å². The Morgan fingerprint density at radius 3 is 2.44 bits per heavy atom. The molecule has 1 fully saturated rings. The topological polar surface area (TPSA) is 56.4 Å². The van der Waals surface area contributed by atoms with Crippen LogP contribution in [0.2, 0.25) is 0 Å².